The summed E-state index contributed by atoms with van der Waals surface area (Å²) in [6.07, 6.45) is 1.40. The van der Waals surface area contributed by atoms with Crippen molar-refractivity contribution in [3.05, 3.63) is 0 Å². The van der Waals surface area contributed by atoms with Crippen LogP contribution in [0.3, 0.4) is 0 Å². The smallest absolute Gasteiger partial charge is 0.00249 e. The van der Waals surface area contributed by atoms with Gasteiger partial charge in [0.15, 0.2) is 0 Å². The van der Waals surface area contributed by atoms with Crippen molar-refractivity contribution in [2.24, 2.45) is 11.8 Å². The van der Waals surface area contributed by atoms with Crippen molar-refractivity contribution in [3.63, 3.8) is 0 Å². The quantitative estimate of drug-likeness (QED) is 0.663. The zero-order valence-electron chi connectivity index (χ0n) is 7.75. The maximum absolute atomic E-state index is 3.47. The number of hydrogen-bond acceptors (Lipinski definition) is 2. The third kappa shape index (κ3) is 1.93. The van der Waals surface area contributed by atoms with Crippen LogP contribution in [0, 0.1) is 11.8 Å². The van der Waals surface area contributed by atoms with Gasteiger partial charge in [0, 0.05) is 13.1 Å². The number of rotatable bonds is 1. The first-order chi connectivity index (χ1) is 5.40. The van der Waals surface area contributed by atoms with Gasteiger partial charge in [-0.25, -0.2) is 0 Å². The van der Waals surface area contributed by atoms with E-state index in [0.29, 0.717) is 0 Å². The van der Waals surface area contributed by atoms with E-state index in [-0.39, 0.29) is 12.4 Å². The van der Waals surface area contributed by atoms with E-state index in [1.807, 2.05) is 0 Å². The van der Waals surface area contributed by atoms with Crippen LogP contribution in [0.4, 0.5) is 0 Å². The first-order valence-corrected chi connectivity index (χ1v) is 4.83. The average Bonchev–Trinajstić information content (AvgIpc) is 2.46. The number of hydrogen-bond donors (Lipinski definition) is 1. The van der Waals surface area contributed by atoms with Gasteiger partial charge in [0.05, 0.1) is 0 Å². The molecule has 0 bridgehead atoms. The fourth-order valence-electron chi connectivity index (χ4n) is 2.43. The molecule has 0 aromatic rings. The van der Waals surface area contributed by atoms with Gasteiger partial charge in [-0.05, 0) is 37.9 Å². The molecule has 2 aliphatic heterocycles. The average molecular weight is 191 g/mol. The summed E-state index contributed by atoms with van der Waals surface area (Å²) in [7, 11) is 0. The third-order valence-electron chi connectivity index (χ3n) is 3.20. The summed E-state index contributed by atoms with van der Waals surface area (Å²) < 4.78 is 0. The van der Waals surface area contributed by atoms with Crippen molar-refractivity contribution in [3.8, 4) is 0 Å². The van der Waals surface area contributed by atoms with E-state index < -0.39 is 0 Å². The highest BCUT2D eigenvalue weighted by molar-refractivity contribution is 5.85. The number of nitrogens with zero attached hydrogens (tertiary/aromatic N) is 1. The minimum atomic E-state index is 0. The van der Waals surface area contributed by atoms with E-state index in [0.717, 1.165) is 11.8 Å². The van der Waals surface area contributed by atoms with Crippen LogP contribution < -0.4 is 5.32 Å². The summed E-state index contributed by atoms with van der Waals surface area (Å²) >= 11 is 0. The number of fused-ring (bicyclic) bond motifs is 1. The van der Waals surface area contributed by atoms with Crippen LogP contribution in [0.15, 0.2) is 0 Å². The van der Waals surface area contributed by atoms with E-state index in [9.17, 15) is 0 Å². The molecule has 2 heterocycles. The summed E-state index contributed by atoms with van der Waals surface area (Å²) in [6.45, 7) is 8.73. The molecule has 2 saturated heterocycles. The van der Waals surface area contributed by atoms with Gasteiger partial charge in [-0.1, -0.05) is 6.92 Å². The van der Waals surface area contributed by atoms with Crippen LogP contribution in [0.1, 0.15) is 13.3 Å². The molecule has 1 N–H and O–H groups in total. The second-order valence-corrected chi connectivity index (χ2v) is 3.87. The van der Waals surface area contributed by atoms with Gasteiger partial charge in [0.1, 0.15) is 0 Å². The van der Waals surface area contributed by atoms with Gasteiger partial charge in [-0.2, -0.15) is 0 Å². The molecule has 12 heavy (non-hydrogen) atoms. The van der Waals surface area contributed by atoms with Crippen molar-refractivity contribution >= 4 is 12.4 Å². The molecule has 2 atom stereocenters. The lowest BCUT2D eigenvalue weighted by Crippen LogP contribution is -2.35. The molecule has 0 spiro atoms. The Morgan fingerprint density at radius 2 is 2.08 bits per heavy atom. The highest BCUT2D eigenvalue weighted by atomic mass is 35.5. The summed E-state index contributed by atoms with van der Waals surface area (Å²) in [5.74, 6) is 1.97. The van der Waals surface area contributed by atoms with Crippen molar-refractivity contribution < 1.29 is 0 Å². The van der Waals surface area contributed by atoms with E-state index in [2.05, 4.69) is 17.1 Å². The fourth-order valence-corrected chi connectivity index (χ4v) is 2.43. The molecule has 3 heteroatoms. The molecule has 0 radical (unpaired) electrons. The van der Waals surface area contributed by atoms with Gasteiger partial charge in [0.2, 0.25) is 0 Å². The van der Waals surface area contributed by atoms with Crippen LogP contribution in [-0.4, -0.2) is 37.6 Å². The maximum Gasteiger partial charge on any atom is 0.00249 e. The third-order valence-corrected chi connectivity index (χ3v) is 3.20. The zero-order chi connectivity index (χ0) is 7.68. The van der Waals surface area contributed by atoms with Crippen molar-refractivity contribution in [2.75, 3.05) is 32.7 Å². The molecule has 0 aromatic heterocycles. The molecular weight excluding hydrogens is 172 g/mol. The lowest BCUT2D eigenvalue weighted by Gasteiger charge is -2.24. The van der Waals surface area contributed by atoms with E-state index in [1.165, 1.54) is 39.1 Å². The predicted molar refractivity (Wildman–Crippen MR) is 53.8 cm³/mol. The van der Waals surface area contributed by atoms with Crippen molar-refractivity contribution in [2.45, 2.75) is 13.3 Å². The minimum Gasteiger partial charge on any atom is -0.316 e. The molecule has 0 aliphatic carbocycles. The molecule has 0 amide bonds. The Labute approximate surface area is 81.1 Å². The van der Waals surface area contributed by atoms with Gasteiger partial charge in [-0.15, -0.1) is 12.4 Å². The molecule has 2 aliphatic rings. The summed E-state index contributed by atoms with van der Waals surface area (Å²) in [6, 6.07) is 0. The molecule has 72 valence electrons. The van der Waals surface area contributed by atoms with Gasteiger partial charge in [-0.3, -0.25) is 0 Å². The normalized spacial score (nSPS) is 35.8. The monoisotopic (exact) mass is 190 g/mol. The van der Waals surface area contributed by atoms with Gasteiger partial charge < -0.3 is 10.2 Å². The van der Waals surface area contributed by atoms with Crippen LogP contribution in [-0.2, 0) is 0 Å². The lowest BCUT2D eigenvalue weighted by molar-refractivity contribution is 0.318. The molecular formula is C9H19ClN2. The largest absolute Gasteiger partial charge is 0.316 e. The molecule has 2 rings (SSSR count). The summed E-state index contributed by atoms with van der Waals surface area (Å²) in [4.78, 5) is 2.59. The van der Waals surface area contributed by atoms with Gasteiger partial charge >= 0.3 is 0 Å². The lowest BCUT2D eigenvalue weighted by atomic mass is 9.90. The Balaban J connectivity index is 0.000000720. The Hall–Kier alpha value is 0.210. The molecule has 0 unspecified atom stereocenters. The molecule has 0 aromatic carbocycles. The first-order valence-electron chi connectivity index (χ1n) is 4.83. The number of piperidine rings is 1. The highest BCUT2D eigenvalue weighted by Gasteiger charge is 2.33. The Kier molecular flexibility index (Phi) is 3.81. The van der Waals surface area contributed by atoms with Crippen LogP contribution >= 0.6 is 12.4 Å². The molecule has 2 nitrogen and oxygen atoms in total. The topological polar surface area (TPSA) is 15.3 Å². The molecule has 2 fully saturated rings. The minimum absolute atomic E-state index is 0. The maximum atomic E-state index is 3.47. The number of likely N-dealkylation sites (tertiary alicyclic amines) is 1. The standard InChI is InChI=1S/C9H18N2.ClH/c1-2-11-6-8-3-4-10-5-9(8)7-11;/h8-10H,2-7H2,1H3;1H/t8-,9+;/m0./s1. The first kappa shape index (κ1) is 10.3. The second kappa shape index (κ2) is 4.45. The summed E-state index contributed by atoms with van der Waals surface area (Å²) in [5.41, 5.74) is 0. The number of halogens is 1. The highest BCUT2D eigenvalue weighted by Crippen LogP contribution is 2.27. The van der Waals surface area contributed by atoms with Crippen molar-refractivity contribution in [1.29, 1.82) is 0 Å². The Morgan fingerprint density at radius 1 is 1.33 bits per heavy atom. The van der Waals surface area contributed by atoms with E-state index in [1.54, 1.807) is 0 Å². The fraction of sp³-hybridized carbons (Fsp3) is 1.00. The SMILES string of the molecule is CCN1C[C@H]2CNCC[C@H]2C1.Cl. The summed E-state index contributed by atoms with van der Waals surface area (Å²) in [5, 5.41) is 3.47. The van der Waals surface area contributed by atoms with E-state index in [4.69, 9.17) is 0 Å². The molecule has 0 saturated carbocycles. The van der Waals surface area contributed by atoms with Crippen molar-refractivity contribution in [1.82, 2.24) is 10.2 Å². The Morgan fingerprint density at radius 3 is 2.75 bits per heavy atom. The van der Waals surface area contributed by atoms with Crippen LogP contribution in [0.25, 0.3) is 0 Å². The van der Waals surface area contributed by atoms with Crippen LogP contribution in [0.2, 0.25) is 0 Å². The van der Waals surface area contributed by atoms with Gasteiger partial charge in [0.25, 0.3) is 0 Å². The second-order valence-electron chi connectivity index (χ2n) is 3.87. The van der Waals surface area contributed by atoms with Crippen LogP contribution in [0.5, 0.6) is 0 Å². The predicted octanol–water partition coefficient (Wildman–Crippen LogP) is 0.969. The number of nitrogens with one attached hydrogen (secondary N) is 1. The zero-order valence-corrected chi connectivity index (χ0v) is 8.57. The van der Waals surface area contributed by atoms with E-state index >= 15 is 0 Å². The Bertz CT molecular complexity index is 126.